The molecule has 138 valence electrons. The summed E-state index contributed by atoms with van der Waals surface area (Å²) >= 11 is 1.60. The van der Waals surface area contributed by atoms with E-state index in [0.29, 0.717) is 36.5 Å². The van der Waals surface area contributed by atoms with Crippen molar-refractivity contribution in [2.45, 2.75) is 37.5 Å². The Hall–Kier alpha value is -1.22. The van der Waals surface area contributed by atoms with E-state index in [1.54, 1.807) is 23.1 Å². The largest absolute Gasteiger partial charge is 0.396 e. The molecule has 0 saturated carbocycles. The van der Waals surface area contributed by atoms with Crippen molar-refractivity contribution in [2.75, 3.05) is 19.7 Å². The third kappa shape index (κ3) is 3.16. The van der Waals surface area contributed by atoms with Gasteiger partial charge in [0.25, 0.3) is 0 Å². The minimum absolute atomic E-state index is 0.0131. The molecule has 0 radical (unpaired) electrons. The van der Waals surface area contributed by atoms with Crippen molar-refractivity contribution in [3.63, 3.8) is 0 Å². The molecule has 0 amide bonds. The van der Waals surface area contributed by atoms with Crippen molar-refractivity contribution in [2.24, 2.45) is 13.0 Å². The Morgan fingerprint density at radius 2 is 2.08 bits per heavy atom. The van der Waals surface area contributed by atoms with Crippen molar-refractivity contribution in [1.29, 1.82) is 0 Å². The first kappa shape index (κ1) is 18.6. The Labute approximate surface area is 153 Å². The fourth-order valence-corrected chi connectivity index (χ4v) is 6.51. The highest BCUT2D eigenvalue weighted by atomic mass is 32.2. The maximum absolute atomic E-state index is 13.4. The van der Waals surface area contributed by atoms with Crippen LogP contribution in [-0.4, -0.2) is 47.3 Å². The Balaban J connectivity index is 1.99. The lowest BCUT2D eigenvalue weighted by atomic mass is 9.92. The van der Waals surface area contributed by atoms with E-state index < -0.39 is 10.0 Å². The van der Waals surface area contributed by atoms with Gasteiger partial charge in [0.1, 0.15) is 4.90 Å². The molecule has 3 heterocycles. The number of hydrogen-bond donors (Lipinski definition) is 1. The molecule has 8 heteroatoms. The van der Waals surface area contributed by atoms with Crippen molar-refractivity contribution in [1.82, 2.24) is 14.1 Å². The minimum atomic E-state index is -3.63. The summed E-state index contributed by atoms with van der Waals surface area (Å²) in [4.78, 5) is 0.364. The number of aliphatic hydroxyl groups is 1. The second kappa shape index (κ2) is 7.19. The smallest absolute Gasteiger partial charge is 0.246 e. The number of rotatable bonds is 6. The molecule has 3 rings (SSSR count). The van der Waals surface area contributed by atoms with Gasteiger partial charge in [0.15, 0.2) is 0 Å². The summed E-state index contributed by atoms with van der Waals surface area (Å²) in [7, 11) is -1.83. The van der Waals surface area contributed by atoms with Crippen LogP contribution in [0.4, 0.5) is 0 Å². The number of sulfonamides is 1. The highest BCUT2D eigenvalue weighted by Gasteiger charge is 2.42. The zero-order valence-corrected chi connectivity index (χ0v) is 16.5. The van der Waals surface area contributed by atoms with Crippen molar-refractivity contribution in [3.8, 4) is 0 Å². The number of aliphatic hydroxyl groups excluding tert-OH is 1. The Bertz CT molecular complexity index is 828. The van der Waals surface area contributed by atoms with Crippen LogP contribution in [-0.2, 0) is 29.9 Å². The highest BCUT2D eigenvalue weighted by Crippen LogP contribution is 2.37. The molecular weight excluding hydrogens is 358 g/mol. The second-order valence-electron chi connectivity index (χ2n) is 6.48. The maximum atomic E-state index is 13.4. The van der Waals surface area contributed by atoms with Gasteiger partial charge in [0.05, 0.1) is 11.4 Å². The monoisotopic (exact) mass is 383 g/mol. The van der Waals surface area contributed by atoms with Gasteiger partial charge in [0.2, 0.25) is 10.0 Å². The Morgan fingerprint density at radius 3 is 2.64 bits per heavy atom. The van der Waals surface area contributed by atoms with E-state index in [-0.39, 0.29) is 18.4 Å². The molecule has 0 bridgehead atoms. The van der Waals surface area contributed by atoms with Gasteiger partial charge in [-0.25, -0.2) is 8.42 Å². The van der Waals surface area contributed by atoms with E-state index in [0.717, 1.165) is 11.3 Å². The fourth-order valence-electron chi connectivity index (χ4n) is 3.72. The first-order valence-electron chi connectivity index (χ1n) is 8.61. The van der Waals surface area contributed by atoms with E-state index in [2.05, 4.69) is 5.10 Å². The minimum Gasteiger partial charge on any atom is -0.396 e. The molecule has 6 nitrogen and oxygen atoms in total. The molecule has 0 aliphatic carbocycles. The highest BCUT2D eigenvalue weighted by molar-refractivity contribution is 7.89. The molecule has 2 aromatic heterocycles. The lowest BCUT2D eigenvalue weighted by Crippen LogP contribution is -2.30. The predicted molar refractivity (Wildman–Crippen MR) is 98.4 cm³/mol. The molecule has 2 atom stereocenters. The van der Waals surface area contributed by atoms with Crippen LogP contribution in [0, 0.1) is 5.92 Å². The number of nitrogens with zero attached hydrogens (tertiary/aromatic N) is 3. The SMILES string of the molecule is CCc1nn(C)c(CC)c1S(=O)(=O)N1C[C@H](CO)[C@H](c2ccsc2)C1. The van der Waals surface area contributed by atoms with Crippen LogP contribution < -0.4 is 0 Å². The molecule has 0 aromatic carbocycles. The van der Waals surface area contributed by atoms with E-state index in [1.165, 1.54) is 4.31 Å². The van der Waals surface area contributed by atoms with Crippen LogP contribution in [0.5, 0.6) is 0 Å². The zero-order valence-electron chi connectivity index (χ0n) is 14.8. The van der Waals surface area contributed by atoms with Gasteiger partial charge in [-0.05, 0) is 35.2 Å². The number of aromatic nitrogens is 2. The molecule has 1 aliphatic heterocycles. The number of thiophene rings is 1. The molecule has 1 fully saturated rings. The van der Waals surface area contributed by atoms with Crippen LogP contribution in [0.1, 0.15) is 36.7 Å². The van der Waals surface area contributed by atoms with Gasteiger partial charge in [-0.1, -0.05) is 13.8 Å². The molecule has 1 saturated heterocycles. The normalized spacial score (nSPS) is 21.9. The lowest BCUT2D eigenvalue weighted by molar-refractivity contribution is 0.223. The van der Waals surface area contributed by atoms with E-state index in [9.17, 15) is 13.5 Å². The summed E-state index contributed by atoms with van der Waals surface area (Å²) in [5, 5.41) is 18.2. The summed E-state index contributed by atoms with van der Waals surface area (Å²) in [6.07, 6.45) is 1.19. The van der Waals surface area contributed by atoms with Gasteiger partial charge < -0.3 is 5.11 Å². The second-order valence-corrected chi connectivity index (χ2v) is 9.14. The third-order valence-electron chi connectivity index (χ3n) is 5.07. The summed E-state index contributed by atoms with van der Waals surface area (Å²) in [6.45, 7) is 4.62. The Kier molecular flexibility index (Phi) is 5.34. The van der Waals surface area contributed by atoms with Crippen molar-refractivity contribution < 1.29 is 13.5 Å². The van der Waals surface area contributed by atoms with Gasteiger partial charge in [-0.15, -0.1) is 0 Å². The molecule has 1 aliphatic rings. The average Bonchev–Trinajstić information content (AvgIpc) is 3.31. The first-order valence-corrected chi connectivity index (χ1v) is 11.0. The summed E-state index contributed by atoms with van der Waals surface area (Å²) < 4.78 is 30.0. The van der Waals surface area contributed by atoms with Crippen LogP contribution in [0.25, 0.3) is 0 Å². The summed E-state index contributed by atoms with van der Waals surface area (Å²) in [5.41, 5.74) is 2.48. The summed E-state index contributed by atoms with van der Waals surface area (Å²) in [5.74, 6) is -0.0333. The van der Waals surface area contributed by atoms with E-state index in [4.69, 9.17) is 0 Å². The van der Waals surface area contributed by atoms with Crippen LogP contribution >= 0.6 is 11.3 Å². The van der Waals surface area contributed by atoms with Gasteiger partial charge >= 0.3 is 0 Å². The zero-order chi connectivity index (χ0) is 18.2. The van der Waals surface area contributed by atoms with Crippen LogP contribution in [0.2, 0.25) is 0 Å². The van der Waals surface area contributed by atoms with E-state index >= 15 is 0 Å². The molecule has 25 heavy (non-hydrogen) atoms. The first-order chi connectivity index (χ1) is 11.9. The molecule has 1 N–H and O–H groups in total. The fraction of sp³-hybridized carbons (Fsp3) is 0.588. The lowest BCUT2D eigenvalue weighted by Gasteiger charge is -2.17. The molecule has 2 aromatic rings. The topological polar surface area (TPSA) is 75.4 Å². The number of aryl methyl sites for hydroxylation is 2. The molecule has 0 spiro atoms. The van der Waals surface area contributed by atoms with Crippen LogP contribution in [0.3, 0.4) is 0 Å². The summed E-state index contributed by atoms with van der Waals surface area (Å²) in [6, 6.07) is 2.02. The van der Waals surface area contributed by atoms with Gasteiger partial charge in [0, 0.05) is 38.6 Å². The molecule has 0 unspecified atom stereocenters. The van der Waals surface area contributed by atoms with Gasteiger partial charge in [-0.3, -0.25) is 4.68 Å². The quantitative estimate of drug-likeness (QED) is 0.828. The van der Waals surface area contributed by atoms with Crippen LogP contribution in [0.15, 0.2) is 21.7 Å². The Morgan fingerprint density at radius 1 is 1.32 bits per heavy atom. The molecular formula is C17H25N3O3S2. The third-order valence-corrected chi connectivity index (χ3v) is 7.73. The van der Waals surface area contributed by atoms with Gasteiger partial charge in [-0.2, -0.15) is 20.7 Å². The number of hydrogen-bond acceptors (Lipinski definition) is 5. The van der Waals surface area contributed by atoms with Crippen molar-refractivity contribution in [3.05, 3.63) is 33.8 Å². The van der Waals surface area contributed by atoms with Crippen molar-refractivity contribution >= 4 is 21.4 Å². The predicted octanol–water partition coefficient (Wildman–Crippen LogP) is 2.00. The maximum Gasteiger partial charge on any atom is 0.246 e. The standard InChI is InChI=1S/C17H25N3O3S2/c1-4-15-17(16(5-2)19(3)18-15)25(22,23)20-8-13(10-21)14(9-20)12-6-7-24-11-12/h6-7,11,13-14,21H,4-5,8-10H2,1-3H3/t13-,14+/m1/s1. The van der Waals surface area contributed by atoms with E-state index in [1.807, 2.05) is 30.7 Å². The average molecular weight is 384 g/mol.